The van der Waals surface area contributed by atoms with E-state index in [4.69, 9.17) is 9.84 Å². The number of urea groups is 1. The van der Waals surface area contributed by atoms with Gasteiger partial charge in [-0.15, -0.1) is 0 Å². The fourth-order valence-corrected chi connectivity index (χ4v) is 2.06. The van der Waals surface area contributed by atoms with Crippen LogP contribution in [-0.2, 0) is 9.53 Å². The monoisotopic (exact) mass is 278 g/mol. The highest BCUT2D eigenvalue weighted by Gasteiger charge is 2.14. The molecule has 0 saturated heterocycles. The van der Waals surface area contributed by atoms with Crippen molar-refractivity contribution in [2.24, 2.45) is 0 Å². The maximum Gasteiger partial charge on any atom is 0.315 e. The van der Waals surface area contributed by atoms with Crippen LogP contribution in [0.25, 0.3) is 0 Å². The molecule has 0 spiro atoms. The molecular weight excluding hydrogens is 256 g/mol. The molecule has 0 aromatic rings. The molecule has 3 N–H and O–H groups in total. The lowest BCUT2D eigenvalue weighted by atomic mass is 10.2. The average molecular weight is 278 g/mol. The van der Waals surface area contributed by atoms with Gasteiger partial charge < -0.3 is 20.5 Å². The number of methoxy groups -OCH3 is 1. The Morgan fingerprint density at radius 2 is 2.11 bits per heavy atom. The number of ether oxygens (including phenoxy) is 1. The first-order valence-electron chi connectivity index (χ1n) is 5.81. The molecule has 0 rings (SSSR count). The molecule has 0 bridgehead atoms. The van der Waals surface area contributed by atoms with Crippen molar-refractivity contribution < 1.29 is 19.4 Å². The topological polar surface area (TPSA) is 87.7 Å². The largest absolute Gasteiger partial charge is 0.481 e. The first-order valence-corrected chi connectivity index (χ1v) is 7.20. The lowest BCUT2D eigenvalue weighted by molar-refractivity contribution is -0.139. The van der Waals surface area contributed by atoms with Crippen molar-refractivity contribution in [2.75, 3.05) is 25.7 Å². The quantitative estimate of drug-likeness (QED) is 0.583. The maximum absolute atomic E-state index is 11.6. The fourth-order valence-electron chi connectivity index (χ4n) is 1.34. The molecule has 106 valence electrons. The summed E-state index contributed by atoms with van der Waals surface area (Å²) in [5, 5.41) is 14.1. The molecule has 2 atom stereocenters. The van der Waals surface area contributed by atoms with E-state index in [2.05, 4.69) is 10.6 Å². The van der Waals surface area contributed by atoms with E-state index in [1.165, 1.54) is 7.11 Å². The molecule has 0 aliphatic carbocycles. The molecular formula is C11H22N2O4S. The lowest BCUT2D eigenvalue weighted by Gasteiger charge is -2.18. The molecule has 6 nitrogen and oxygen atoms in total. The second-order valence-electron chi connectivity index (χ2n) is 3.87. The number of hydrogen-bond acceptors (Lipinski definition) is 4. The lowest BCUT2D eigenvalue weighted by Crippen LogP contribution is -2.45. The number of carbonyl (C=O) groups excluding carboxylic acids is 1. The third-order valence-electron chi connectivity index (χ3n) is 2.42. The van der Waals surface area contributed by atoms with Crippen molar-refractivity contribution in [3.63, 3.8) is 0 Å². The molecule has 0 saturated carbocycles. The molecule has 0 aliphatic heterocycles. The van der Waals surface area contributed by atoms with Crippen LogP contribution in [-0.4, -0.2) is 54.9 Å². The predicted octanol–water partition coefficient (Wildman–Crippen LogP) is 0.917. The molecule has 0 radical (unpaired) electrons. The standard InChI is InChI=1S/C11H22N2O4S/c1-4-8(7-18-3)13-11(16)12-6-9(17-2)5-10(14)15/h8-9H,4-7H2,1-3H3,(H,14,15)(H2,12,13,16). The van der Waals surface area contributed by atoms with E-state index in [0.717, 1.165) is 12.2 Å². The smallest absolute Gasteiger partial charge is 0.315 e. The molecule has 0 aromatic carbocycles. The van der Waals surface area contributed by atoms with Gasteiger partial charge >= 0.3 is 12.0 Å². The van der Waals surface area contributed by atoms with E-state index in [9.17, 15) is 9.59 Å². The van der Waals surface area contributed by atoms with Gasteiger partial charge in [0.15, 0.2) is 0 Å². The number of nitrogens with one attached hydrogen (secondary N) is 2. The second kappa shape index (κ2) is 10.0. The van der Waals surface area contributed by atoms with Crippen LogP contribution in [0.1, 0.15) is 19.8 Å². The Kier molecular flexibility index (Phi) is 9.49. The molecule has 2 amide bonds. The third-order valence-corrected chi connectivity index (χ3v) is 3.16. The van der Waals surface area contributed by atoms with Gasteiger partial charge in [-0.25, -0.2) is 4.79 Å². The number of carbonyl (C=O) groups is 2. The highest BCUT2D eigenvalue weighted by atomic mass is 32.2. The number of carboxylic acid groups (broad SMARTS) is 1. The van der Waals surface area contributed by atoms with Crippen LogP contribution in [0.4, 0.5) is 4.79 Å². The van der Waals surface area contributed by atoms with E-state index in [1.807, 2.05) is 13.2 Å². The van der Waals surface area contributed by atoms with Crippen LogP contribution in [0.3, 0.4) is 0 Å². The van der Waals surface area contributed by atoms with Gasteiger partial charge in [0, 0.05) is 25.4 Å². The zero-order valence-corrected chi connectivity index (χ0v) is 11.9. The Hall–Kier alpha value is -0.950. The van der Waals surface area contributed by atoms with Crippen molar-refractivity contribution in [3.8, 4) is 0 Å². The zero-order chi connectivity index (χ0) is 14.0. The van der Waals surface area contributed by atoms with Crippen LogP contribution < -0.4 is 10.6 Å². The average Bonchev–Trinajstić information content (AvgIpc) is 2.33. The molecule has 18 heavy (non-hydrogen) atoms. The summed E-state index contributed by atoms with van der Waals surface area (Å²) >= 11 is 1.67. The maximum atomic E-state index is 11.6. The number of carboxylic acids is 1. The highest BCUT2D eigenvalue weighted by Crippen LogP contribution is 2.01. The highest BCUT2D eigenvalue weighted by molar-refractivity contribution is 7.98. The van der Waals surface area contributed by atoms with Gasteiger partial charge in [0.2, 0.25) is 0 Å². The van der Waals surface area contributed by atoms with Crippen molar-refractivity contribution in [1.82, 2.24) is 10.6 Å². The SMILES string of the molecule is CCC(CSC)NC(=O)NCC(CC(=O)O)OC. The summed E-state index contributed by atoms with van der Waals surface area (Å²) in [5.41, 5.74) is 0. The van der Waals surface area contributed by atoms with Crippen molar-refractivity contribution in [1.29, 1.82) is 0 Å². The van der Waals surface area contributed by atoms with E-state index in [-0.39, 0.29) is 25.0 Å². The minimum Gasteiger partial charge on any atom is -0.481 e. The van der Waals surface area contributed by atoms with Gasteiger partial charge in [0.25, 0.3) is 0 Å². The van der Waals surface area contributed by atoms with E-state index >= 15 is 0 Å². The van der Waals surface area contributed by atoms with Crippen molar-refractivity contribution in [3.05, 3.63) is 0 Å². The summed E-state index contributed by atoms with van der Waals surface area (Å²) in [6.07, 6.45) is 2.21. The summed E-state index contributed by atoms with van der Waals surface area (Å²) in [4.78, 5) is 22.1. The van der Waals surface area contributed by atoms with Crippen molar-refractivity contribution in [2.45, 2.75) is 31.9 Å². The molecule has 7 heteroatoms. The van der Waals surface area contributed by atoms with Gasteiger partial charge in [-0.1, -0.05) is 6.92 Å². The minimum atomic E-state index is -0.946. The van der Waals surface area contributed by atoms with Crippen LogP contribution >= 0.6 is 11.8 Å². The first kappa shape index (κ1) is 17.1. The molecule has 0 aliphatic rings. The number of thioether (sulfide) groups is 1. The van der Waals surface area contributed by atoms with E-state index < -0.39 is 12.1 Å². The number of aliphatic carboxylic acids is 1. The fraction of sp³-hybridized carbons (Fsp3) is 0.818. The minimum absolute atomic E-state index is 0.125. The first-order chi connectivity index (χ1) is 8.53. The van der Waals surface area contributed by atoms with Crippen LogP contribution in [0.5, 0.6) is 0 Å². The summed E-state index contributed by atoms with van der Waals surface area (Å²) in [5.74, 6) is -0.0925. The summed E-state index contributed by atoms with van der Waals surface area (Å²) in [7, 11) is 1.43. The second-order valence-corrected chi connectivity index (χ2v) is 4.78. The van der Waals surface area contributed by atoms with Crippen LogP contribution in [0, 0.1) is 0 Å². The summed E-state index contributed by atoms with van der Waals surface area (Å²) < 4.78 is 4.96. The van der Waals surface area contributed by atoms with Crippen LogP contribution in [0.2, 0.25) is 0 Å². The van der Waals surface area contributed by atoms with Gasteiger partial charge in [0.05, 0.1) is 12.5 Å². The van der Waals surface area contributed by atoms with Crippen LogP contribution in [0.15, 0.2) is 0 Å². The van der Waals surface area contributed by atoms with Crippen molar-refractivity contribution >= 4 is 23.8 Å². The Labute approximate surface area is 112 Å². The van der Waals surface area contributed by atoms with Gasteiger partial charge in [-0.05, 0) is 12.7 Å². The molecule has 0 fully saturated rings. The van der Waals surface area contributed by atoms with Gasteiger partial charge in [-0.3, -0.25) is 4.79 Å². The summed E-state index contributed by atoms with van der Waals surface area (Å²) in [6, 6.07) is -0.163. The zero-order valence-electron chi connectivity index (χ0n) is 11.1. The Morgan fingerprint density at radius 3 is 2.56 bits per heavy atom. The Balaban J connectivity index is 3.96. The molecule has 0 heterocycles. The Morgan fingerprint density at radius 1 is 1.44 bits per heavy atom. The van der Waals surface area contributed by atoms with Gasteiger partial charge in [0.1, 0.15) is 0 Å². The number of hydrogen-bond donors (Lipinski definition) is 3. The van der Waals surface area contributed by atoms with E-state index in [1.54, 1.807) is 11.8 Å². The molecule has 2 unspecified atom stereocenters. The Bertz CT molecular complexity index is 263. The third kappa shape index (κ3) is 8.19. The normalized spacial score (nSPS) is 13.7. The number of amides is 2. The molecule has 0 aromatic heterocycles. The summed E-state index contributed by atoms with van der Waals surface area (Å²) in [6.45, 7) is 2.19. The van der Waals surface area contributed by atoms with E-state index in [0.29, 0.717) is 0 Å². The number of rotatable bonds is 9. The predicted molar refractivity (Wildman–Crippen MR) is 72.0 cm³/mol. The van der Waals surface area contributed by atoms with Gasteiger partial charge in [-0.2, -0.15) is 11.8 Å².